The molecule has 1 aromatic heterocycles. The Kier molecular flexibility index (Phi) is 5.69. The van der Waals surface area contributed by atoms with Gasteiger partial charge < -0.3 is 15.0 Å². The molecule has 0 aliphatic heterocycles. The first-order chi connectivity index (χ1) is 12.7. The first-order valence-corrected chi connectivity index (χ1v) is 8.70. The van der Waals surface area contributed by atoms with E-state index in [4.69, 9.17) is 9.72 Å². The second-order valence-corrected chi connectivity index (χ2v) is 6.30. The minimum Gasteiger partial charge on any atom is -0.497 e. The van der Waals surface area contributed by atoms with Crippen LogP contribution in [0.5, 0.6) is 5.75 Å². The third-order valence-corrected chi connectivity index (χ3v) is 4.08. The lowest BCUT2D eigenvalue weighted by atomic mass is 10.2. The highest BCUT2D eigenvalue weighted by molar-refractivity contribution is 5.58. The average Bonchev–Trinajstić information content (AvgIpc) is 2.67. The molecule has 0 spiro atoms. The fourth-order valence-corrected chi connectivity index (χ4v) is 2.64. The fourth-order valence-electron chi connectivity index (χ4n) is 2.64. The van der Waals surface area contributed by atoms with Crippen molar-refractivity contribution in [2.75, 3.05) is 17.3 Å². The van der Waals surface area contributed by atoms with Gasteiger partial charge in [0.25, 0.3) is 0 Å². The van der Waals surface area contributed by atoms with Gasteiger partial charge in [-0.15, -0.1) is 0 Å². The molecule has 0 saturated carbocycles. The van der Waals surface area contributed by atoms with Gasteiger partial charge in [0.2, 0.25) is 5.95 Å². The molecular formula is C21H24N4O. The molecule has 1 heterocycles. The molecule has 3 aromatic rings. The van der Waals surface area contributed by atoms with Crippen LogP contribution in [0.15, 0.2) is 66.9 Å². The van der Waals surface area contributed by atoms with Crippen LogP contribution in [-0.4, -0.2) is 23.1 Å². The van der Waals surface area contributed by atoms with Crippen molar-refractivity contribution in [3.63, 3.8) is 0 Å². The lowest BCUT2D eigenvalue weighted by molar-refractivity contribution is 0.415. The number of anilines is 3. The van der Waals surface area contributed by atoms with Crippen LogP contribution in [-0.2, 0) is 6.54 Å². The Hall–Kier alpha value is -3.08. The predicted molar refractivity (Wildman–Crippen MR) is 106 cm³/mol. The van der Waals surface area contributed by atoms with E-state index in [0.717, 1.165) is 23.8 Å². The van der Waals surface area contributed by atoms with E-state index < -0.39 is 0 Å². The van der Waals surface area contributed by atoms with Crippen molar-refractivity contribution in [3.05, 3.63) is 72.4 Å². The Labute approximate surface area is 154 Å². The van der Waals surface area contributed by atoms with Gasteiger partial charge in [-0.25, -0.2) is 4.98 Å². The predicted octanol–water partition coefficient (Wildman–Crippen LogP) is 4.64. The van der Waals surface area contributed by atoms with Gasteiger partial charge in [-0.2, -0.15) is 4.98 Å². The molecule has 26 heavy (non-hydrogen) atoms. The van der Waals surface area contributed by atoms with Crippen LogP contribution < -0.4 is 15.0 Å². The zero-order chi connectivity index (χ0) is 18.4. The quantitative estimate of drug-likeness (QED) is 0.674. The van der Waals surface area contributed by atoms with Crippen LogP contribution in [0, 0.1) is 0 Å². The Balaban J connectivity index is 1.79. The highest BCUT2D eigenvalue weighted by Gasteiger charge is 2.14. The van der Waals surface area contributed by atoms with E-state index in [1.165, 1.54) is 5.56 Å². The number of aromatic nitrogens is 2. The summed E-state index contributed by atoms with van der Waals surface area (Å²) in [6.45, 7) is 5.07. The van der Waals surface area contributed by atoms with Crippen molar-refractivity contribution >= 4 is 17.5 Å². The van der Waals surface area contributed by atoms with E-state index in [-0.39, 0.29) is 6.04 Å². The number of rotatable bonds is 7. The Morgan fingerprint density at radius 1 is 1.00 bits per heavy atom. The molecule has 134 valence electrons. The zero-order valence-corrected chi connectivity index (χ0v) is 15.4. The third kappa shape index (κ3) is 4.51. The van der Waals surface area contributed by atoms with Crippen LogP contribution in [0.3, 0.4) is 0 Å². The number of hydrogen-bond donors (Lipinski definition) is 1. The van der Waals surface area contributed by atoms with Crippen molar-refractivity contribution in [3.8, 4) is 5.75 Å². The second kappa shape index (κ2) is 8.34. The fraction of sp³-hybridized carbons (Fsp3) is 0.238. The molecule has 2 aromatic carbocycles. The summed E-state index contributed by atoms with van der Waals surface area (Å²) in [5.41, 5.74) is 2.19. The van der Waals surface area contributed by atoms with Crippen LogP contribution in [0.25, 0.3) is 0 Å². The molecule has 0 fully saturated rings. The average molecular weight is 348 g/mol. The summed E-state index contributed by atoms with van der Waals surface area (Å²) in [7, 11) is 1.66. The topological polar surface area (TPSA) is 50.3 Å². The van der Waals surface area contributed by atoms with Crippen LogP contribution in [0.1, 0.15) is 19.4 Å². The molecule has 0 bridgehead atoms. The molecule has 0 aliphatic rings. The Morgan fingerprint density at radius 2 is 1.73 bits per heavy atom. The minimum atomic E-state index is 0.284. The summed E-state index contributed by atoms with van der Waals surface area (Å²) in [4.78, 5) is 11.4. The number of nitrogens with one attached hydrogen (secondary N) is 1. The van der Waals surface area contributed by atoms with Gasteiger partial charge in [0.1, 0.15) is 11.6 Å². The second-order valence-electron chi connectivity index (χ2n) is 6.30. The van der Waals surface area contributed by atoms with Crippen molar-refractivity contribution in [2.45, 2.75) is 26.4 Å². The van der Waals surface area contributed by atoms with E-state index >= 15 is 0 Å². The lowest BCUT2D eigenvalue weighted by Crippen LogP contribution is -2.31. The number of methoxy groups -OCH3 is 1. The van der Waals surface area contributed by atoms with Gasteiger partial charge >= 0.3 is 0 Å². The SMILES string of the molecule is COc1ccc(Nc2ccnc(N(Cc3ccccc3)C(C)C)n2)cc1. The largest absolute Gasteiger partial charge is 0.497 e. The third-order valence-electron chi connectivity index (χ3n) is 4.08. The van der Waals surface area contributed by atoms with Gasteiger partial charge in [-0.1, -0.05) is 30.3 Å². The molecule has 0 aliphatic carbocycles. The zero-order valence-electron chi connectivity index (χ0n) is 15.4. The number of nitrogens with zero attached hydrogens (tertiary/aromatic N) is 3. The summed E-state index contributed by atoms with van der Waals surface area (Å²) in [6, 6.07) is 20.3. The van der Waals surface area contributed by atoms with Crippen molar-refractivity contribution in [1.29, 1.82) is 0 Å². The molecule has 0 amide bonds. The molecule has 0 radical (unpaired) electrons. The summed E-state index contributed by atoms with van der Waals surface area (Å²) in [6.07, 6.45) is 1.79. The maximum atomic E-state index is 5.19. The maximum absolute atomic E-state index is 5.19. The first kappa shape index (κ1) is 17.7. The van der Waals surface area contributed by atoms with E-state index in [1.807, 2.05) is 36.4 Å². The summed E-state index contributed by atoms with van der Waals surface area (Å²) < 4.78 is 5.19. The van der Waals surface area contributed by atoms with Gasteiger partial charge in [0, 0.05) is 24.5 Å². The van der Waals surface area contributed by atoms with Crippen LogP contribution in [0.4, 0.5) is 17.5 Å². The molecule has 0 unspecified atom stereocenters. The molecule has 1 N–H and O–H groups in total. The molecule has 3 rings (SSSR count). The van der Waals surface area contributed by atoms with Gasteiger partial charge in [-0.3, -0.25) is 0 Å². The summed E-state index contributed by atoms with van der Waals surface area (Å²) >= 11 is 0. The van der Waals surface area contributed by atoms with E-state index in [0.29, 0.717) is 5.95 Å². The highest BCUT2D eigenvalue weighted by atomic mass is 16.5. The van der Waals surface area contributed by atoms with Crippen molar-refractivity contribution in [2.24, 2.45) is 0 Å². The molecular weight excluding hydrogens is 324 g/mol. The number of hydrogen-bond acceptors (Lipinski definition) is 5. The maximum Gasteiger partial charge on any atom is 0.227 e. The molecule has 0 atom stereocenters. The van der Waals surface area contributed by atoms with Crippen molar-refractivity contribution < 1.29 is 4.74 Å². The summed E-state index contributed by atoms with van der Waals surface area (Å²) in [5, 5.41) is 3.32. The van der Waals surface area contributed by atoms with Gasteiger partial charge in [0.05, 0.1) is 7.11 Å². The standard InChI is InChI=1S/C21H24N4O/c1-16(2)25(15-17-7-5-4-6-8-17)21-22-14-13-20(24-21)23-18-9-11-19(26-3)12-10-18/h4-14,16H,15H2,1-3H3,(H,22,23,24). The Bertz CT molecular complexity index is 819. The van der Waals surface area contributed by atoms with Crippen molar-refractivity contribution in [1.82, 2.24) is 9.97 Å². The Morgan fingerprint density at radius 3 is 2.38 bits per heavy atom. The molecule has 5 nitrogen and oxygen atoms in total. The van der Waals surface area contributed by atoms with Crippen LogP contribution in [0.2, 0.25) is 0 Å². The lowest BCUT2D eigenvalue weighted by Gasteiger charge is -2.27. The molecule has 5 heteroatoms. The van der Waals surface area contributed by atoms with Gasteiger partial charge in [-0.05, 0) is 49.7 Å². The van der Waals surface area contributed by atoms with E-state index in [9.17, 15) is 0 Å². The number of benzene rings is 2. The first-order valence-electron chi connectivity index (χ1n) is 8.70. The van der Waals surface area contributed by atoms with E-state index in [2.05, 4.69) is 53.3 Å². The highest BCUT2D eigenvalue weighted by Crippen LogP contribution is 2.21. The normalized spacial score (nSPS) is 10.6. The minimum absolute atomic E-state index is 0.284. The van der Waals surface area contributed by atoms with Gasteiger partial charge in [0.15, 0.2) is 0 Å². The summed E-state index contributed by atoms with van der Waals surface area (Å²) in [5.74, 6) is 2.30. The number of ether oxygens (including phenoxy) is 1. The smallest absolute Gasteiger partial charge is 0.227 e. The molecule has 0 saturated heterocycles. The van der Waals surface area contributed by atoms with E-state index in [1.54, 1.807) is 13.3 Å². The van der Waals surface area contributed by atoms with Crippen LogP contribution >= 0.6 is 0 Å². The monoisotopic (exact) mass is 348 g/mol.